The van der Waals surface area contributed by atoms with E-state index in [2.05, 4.69) is 24.1 Å². The summed E-state index contributed by atoms with van der Waals surface area (Å²) in [6, 6.07) is 5.09. The zero-order valence-electron chi connectivity index (χ0n) is 18.6. The fourth-order valence-electron chi connectivity index (χ4n) is 4.65. The van der Waals surface area contributed by atoms with Crippen molar-refractivity contribution in [1.29, 1.82) is 0 Å². The van der Waals surface area contributed by atoms with Crippen LogP contribution in [0.2, 0.25) is 0 Å². The molecule has 2 aliphatic heterocycles. The lowest BCUT2D eigenvalue weighted by Crippen LogP contribution is -2.48. The van der Waals surface area contributed by atoms with Crippen molar-refractivity contribution in [3.05, 3.63) is 30.1 Å². The summed E-state index contributed by atoms with van der Waals surface area (Å²) in [4.78, 5) is 16.6. The molecule has 0 aromatic heterocycles. The van der Waals surface area contributed by atoms with Crippen LogP contribution in [-0.4, -0.2) is 87.3 Å². The summed E-state index contributed by atoms with van der Waals surface area (Å²) in [6.07, 6.45) is 1.31. The molecule has 7 nitrogen and oxygen atoms in total. The Morgan fingerprint density at radius 2 is 1.84 bits per heavy atom. The molecular weight excluding hydrogens is 419 g/mol. The third-order valence-electron chi connectivity index (χ3n) is 6.09. The molecule has 0 spiro atoms. The van der Waals surface area contributed by atoms with Crippen molar-refractivity contribution >= 4 is 15.9 Å². The lowest BCUT2D eigenvalue weighted by molar-refractivity contribution is -0.131. The number of amides is 1. The number of nitrogens with zero attached hydrogens (tertiary/aromatic N) is 3. The first kappa shape index (κ1) is 24.1. The molecular formula is C22H35FN4O3S. The molecule has 2 atom stereocenters. The van der Waals surface area contributed by atoms with Gasteiger partial charge in [0.15, 0.2) is 0 Å². The number of piperidine rings is 1. The van der Waals surface area contributed by atoms with E-state index >= 15 is 0 Å². The molecule has 9 heteroatoms. The van der Waals surface area contributed by atoms with Gasteiger partial charge in [-0.2, -0.15) is 4.31 Å². The van der Waals surface area contributed by atoms with Crippen molar-refractivity contribution in [2.45, 2.75) is 31.6 Å². The molecule has 0 bridgehead atoms. The molecule has 0 radical (unpaired) electrons. The van der Waals surface area contributed by atoms with Gasteiger partial charge in [0.1, 0.15) is 5.82 Å². The number of sulfonamides is 1. The Bertz CT molecular complexity index is 835. The average Bonchev–Trinajstić information content (AvgIpc) is 2.73. The van der Waals surface area contributed by atoms with Crippen molar-refractivity contribution in [2.24, 2.45) is 11.8 Å². The first-order chi connectivity index (χ1) is 14.8. The Kier molecular flexibility index (Phi) is 8.43. The lowest BCUT2D eigenvalue weighted by Gasteiger charge is -2.36. The molecule has 3 rings (SSSR count). The van der Waals surface area contributed by atoms with Crippen molar-refractivity contribution in [3.63, 3.8) is 0 Å². The summed E-state index contributed by atoms with van der Waals surface area (Å²) < 4.78 is 41.6. The van der Waals surface area contributed by atoms with Crippen molar-refractivity contribution < 1.29 is 17.6 Å². The largest absolute Gasteiger partial charge is 0.340 e. The Labute approximate surface area is 185 Å². The van der Waals surface area contributed by atoms with Crippen molar-refractivity contribution in [1.82, 2.24) is 19.4 Å². The molecule has 0 saturated carbocycles. The molecule has 0 unspecified atom stereocenters. The molecule has 2 aliphatic rings. The number of rotatable bonds is 8. The van der Waals surface area contributed by atoms with E-state index in [0.29, 0.717) is 31.5 Å². The quantitative estimate of drug-likeness (QED) is 0.646. The number of likely N-dealkylation sites (tertiary alicyclic amines) is 1. The molecule has 2 saturated heterocycles. The zero-order valence-corrected chi connectivity index (χ0v) is 19.4. The van der Waals surface area contributed by atoms with Gasteiger partial charge in [-0.25, -0.2) is 12.8 Å². The second-order valence-corrected chi connectivity index (χ2v) is 10.9. The molecule has 1 amide bonds. The Hall–Kier alpha value is -1.55. The van der Waals surface area contributed by atoms with Crippen LogP contribution in [0.3, 0.4) is 0 Å². The number of benzene rings is 1. The van der Waals surface area contributed by atoms with Crippen LogP contribution in [0.15, 0.2) is 29.2 Å². The number of carbonyl (C=O) groups excluding carboxylic acids is 1. The first-order valence-corrected chi connectivity index (χ1v) is 12.7. The SMILES string of the molecule is C[C@@H]1C[C@H](C)CN(CCN(CCC(=O)N2CCNCC2)S(=O)(=O)c2cccc(F)c2)C1. The standard InChI is InChI=1S/C22H35FN4O3S/c1-18-14-19(2)17-25(16-18)12-13-27(9-6-22(28)26-10-7-24-8-11-26)31(29,30)21-5-3-4-20(23)15-21/h3-5,15,18-19,24H,6-14,16-17H2,1-2H3/t18-,19+. The molecule has 0 aliphatic carbocycles. The summed E-state index contributed by atoms with van der Waals surface area (Å²) in [5, 5.41) is 3.21. The van der Waals surface area contributed by atoms with Gasteiger partial charge in [0.2, 0.25) is 15.9 Å². The van der Waals surface area contributed by atoms with Crippen molar-refractivity contribution in [3.8, 4) is 0 Å². The molecule has 2 heterocycles. The minimum atomic E-state index is -3.89. The van der Waals surface area contributed by atoms with Crippen LogP contribution < -0.4 is 5.32 Å². The number of hydrogen-bond donors (Lipinski definition) is 1. The van der Waals surface area contributed by atoms with Crippen LogP contribution in [0.25, 0.3) is 0 Å². The van der Waals surface area contributed by atoms with Gasteiger partial charge < -0.3 is 15.1 Å². The summed E-state index contributed by atoms with van der Waals surface area (Å²) in [5.41, 5.74) is 0. The smallest absolute Gasteiger partial charge is 0.243 e. The Balaban J connectivity index is 1.70. The highest BCUT2D eigenvalue weighted by Gasteiger charge is 2.28. The second kappa shape index (κ2) is 10.8. The van der Waals surface area contributed by atoms with Gasteiger partial charge in [-0.1, -0.05) is 19.9 Å². The van der Waals surface area contributed by atoms with E-state index in [9.17, 15) is 17.6 Å². The minimum absolute atomic E-state index is 0.0406. The van der Waals surface area contributed by atoms with Crippen LogP contribution in [0, 0.1) is 17.7 Å². The van der Waals surface area contributed by atoms with Gasteiger partial charge in [0, 0.05) is 65.3 Å². The third-order valence-corrected chi connectivity index (χ3v) is 7.98. The number of nitrogens with one attached hydrogen (secondary N) is 1. The van der Waals surface area contributed by atoms with Crippen LogP contribution in [0.4, 0.5) is 4.39 Å². The highest BCUT2D eigenvalue weighted by Crippen LogP contribution is 2.22. The van der Waals surface area contributed by atoms with Crippen molar-refractivity contribution in [2.75, 3.05) is 58.9 Å². The van der Waals surface area contributed by atoms with Gasteiger partial charge >= 0.3 is 0 Å². The number of hydrogen-bond acceptors (Lipinski definition) is 5. The molecule has 1 N–H and O–H groups in total. The monoisotopic (exact) mass is 454 g/mol. The van der Waals surface area contributed by atoms with E-state index in [-0.39, 0.29) is 30.3 Å². The molecule has 1 aromatic carbocycles. The summed E-state index contributed by atoms with van der Waals surface area (Å²) in [6.45, 7) is 10.1. The van der Waals surface area contributed by atoms with Gasteiger partial charge in [0.25, 0.3) is 0 Å². The molecule has 1 aromatic rings. The maximum atomic E-state index is 13.7. The van der Waals surface area contributed by atoms with E-state index in [4.69, 9.17) is 0 Å². The Morgan fingerprint density at radius 1 is 1.16 bits per heavy atom. The molecule has 31 heavy (non-hydrogen) atoms. The van der Waals surface area contributed by atoms with E-state index in [0.717, 1.165) is 32.2 Å². The maximum absolute atomic E-state index is 13.7. The highest BCUT2D eigenvalue weighted by molar-refractivity contribution is 7.89. The average molecular weight is 455 g/mol. The predicted molar refractivity (Wildman–Crippen MR) is 119 cm³/mol. The number of carbonyl (C=O) groups is 1. The minimum Gasteiger partial charge on any atom is -0.340 e. The number of piperazine rings is 1. The maximum Gasteiger partial charge on any atom is 0.243 e. The lowest BCUT2D eigenvalue weighted by atomic mass is 9.92. The van der Waals surface area contributed by atoms with E-state index in [1.165, 1.54) is 28.9 Å². The highest BCUT2D eigenvalue weighted by atomic mass is 32.2. The molecule has 174 valence electrons. The van der Waals surface area contributed by atoms with Gasteiger partial charge in [-0.3, -0.25) is 4.79 Å². The van der Waals surface area contributed by atoms with Gasteiger partial charge in [-0.05, 0) is 36.5 Å². The van der Waals surface area contributed by atoms with Crippen LogP contribution in [0.1, 0.15) is 26.7 Å². The third kappa shape index (κ3) is 6.71. The van der Waals surface area contributed by atoms with Crippen LogP contribution in [-0.2, 0) is 14.8 Å². The van der Waals surface area contributed by atoms with Gasteiger partial charge in [0.05, 0.1) is 4.90 Å². The van der Waals surface area contributed by atoms with E-state index < -0.39 is 15.8 Å². The normalized spacial score (nSPS) is 23.3. The van der Waals surface area contributed by atoms with E-state index in [1.807, 2.05) is 0 Å². The fourth-order valence-corrected chi connectivity index (χ4v) is 6.11. The van der Waals surface area contributed by atoms with Crippen LogP contribution >= 0.6 is 0 Å². The Morgan fingerprint density at radius 3 is 2.48 bits per heavy atom. The topological polar surface area (TPSA) is 73.0 Å². The zero-order chi connectivity index (χ0) is 22.4. The second-order valence-electron chi connectivity index (χ2n) is 8.95. The molecule has 2 fully saturated rings. The summed E-state index contributed by atoms with van der Waals surface area (Å²) in [5.74, 6) is 0.524. The first-order valence-electron chi connectivity index (χ1n) is 11.2. The van der Waals surface area contributed by atoms with Crippen LogP contribution in [0.5, 0.6) is 0 Å². The number of halogens is 1. The summed E-state index contributed by atoms with van der Waals surface area (Å²) >= 11 is 0. The summed E-state index contributed by atoms with van der Waals surface area (Å²) in [7, 11) is -3.89. The van der Waals surface area contributed by atoms with E-state index in [1.54, 1.807) is 4.90 Å². The predicted octanol–water partition coefficient (Wildman–Crippen LogP) is 1.62. The fraction of sp³-hybridized carbons (Fsp3) is 0.682. The van der Waals surface area contributed by atoms with Gasteiger partial charge in [-0.15, -0.1) is 0 Å².